The number of nitrogens with zero attached hydrogens (tertiary/aromatic N) is 5. The van der Waals surface area contributed by atoms with E-state index in [1.54, 1.807) is 42.5 Å². The SMILES string of the molecule is CC1(COc2ccc(Cl)cc2)CN(C(=O)Cn2cc(NC=O)cn2)C1.CNc1nccc(OC2CCOC2)n1. The summed E-state index contributed by atoms with van der Waals surface area (Å²) < 4.78 is 18.1. The average molecular weight is 558 g/mol. The molecule has 2 aliphatic heterocycles. The quantitative estimate of drug-likeness (QED) is 0.361. The maximum Gasteiger partial charge on any atom is 0.244 e. The highest BCUT2D eigenvalue weighted by atomic mass is 35.5. The largest absolute Gasteiger partial charge is 0.493 e. The van der Waals surface area contributed by atoms with Crippen LogP contribution in [0.15, 0.2) is 48.9 Å². The zero-order valence-electron chi connectivity index (χ0n) is 21.9. The topological polar surface area (TPSA) is 133 Å². The first-order valence-corrected chi connectivity index (χ1v) is 12.9. The molecule has 0 saturated carbocycles. The van der Waals surface area contributed by atoms with E-state index >= 15 is 0 Å². The first-order valence-electron chi connectivity index (χ1n) is 12.5. The van der Waals surface area contributed by atoms with Crippen LogP contribution in [0, 0.1) is 5.41 Å². The summed E-state index contributed by atoms with van der Waals surface area (Å²) in [6.45, 7) is 5.47. The van der Waals surface area contributed by atoms with Gasteiger partial charge in [-0.15, -0.1) is 0 Å². The fourth-order valence-corrected chi connectivity index (χ4v) is 4.19. The zero-order valence-corrected chi connectivity index (χ0v) is 22.6. The van der Waals surface area contributed by atoms with Gasteiger partial charge in [-0.05, 0) is 24.3 Å². The summed E-state index contributed by atoms with van der Waals surface area (Å²) in [6, 6.07) is 8.98. The molecule has 4 heterocycles. The molecule has 208 valence electrons. The van der Waals surface area contributed by atoms with Gasteiger partial charge in [-0.2, -0.15) is 10.1 Å². The van der Waals surface area contributed by atoms with Gasteiger partial charge in [-0.1, -0.05) is 18.5 Å². The second kappa shape index (κ2) is 13.3. The number of carbonyl (C=O) groups is 2. The monoisotopic (exact) mass is 557 g/mol. The third-order valence-corrected chi connectivity index (χ3v) is 6.34. The molecule has 0 spiro atoms. The van der Waals surface area contributed by atoms with E-state index in [-0.39, 0.29) is 24.0 Å². The van der Waals surface area contributed by atoms with Gasteiger partial charge in [0.05, 0.1) is 31.7 Å². The van der Waals surface area contributed by atoms with Crippen LogP contribution in [0.2, 0.25) is 5.02 Å². The van der Waals surface area contributed by atoms with E-state index in [9.17, 15) is 9.59 Å². The van der Waals surface area contributed by atoms with Gasteiger partial charge in [0.1, 0.15) is 18.4 Å². The van der Waals surface area contributed by atoms with Gasteiger partial charge < -0.3 is 29.7 Å². The molecular weight excluding hydrogens is 526 g/mol. The summed E-state index contributed by atoms with van der Waals surface area (Å²) in [4.78, 5) is 32.6. The molecule has 0 bridgehead atoms. The molecule has 2 N–H and O–H groups in total. The molecule has 0 aliphatic carbocycles. The van der Waals surface area contributed by atoms with E-state index in [4.69, 9.17) is 25.8 Å². The molecule has 1 unspecified atom stereocenters. The molecule has 2 amide bonds. The first kappa shape index (κ1) is 28.1. The lowest BCUT2D eigenvalue weighted by Gasteiger charge is -2.47. The molecule has 39 heavy (non-hydrogen) atoms. The molecule has 12 nitrogen and oxygen atoms in total. The standard InChI is InChI=1S/C17H19ClN4O3.C9H13N3O2/c1-17(11-25-15-4-2-13(18)3-5-15)9-21(10-17)16(24)8-22-7-14(6-20-22)19-12-23;1-10-9-11-4-2-8(12-9)14-7-3-5-13-6-7/h2-7,12H,8-11H2,1H3,(H,19,23);2,4,7H,3,5-6H2,1H3,(H,10,11,12). The lowest BCUT2D eigenvalue weighted by Crippen LogP contribution is -2.60. The van der Waals surface area contributed by atoms with Crippen molar-refractivity contribution in [1.82, 2.24) is 24.6 Å². The van der Waals surface area contributed by atoms with Crippen molar-refractivity contribution in [3.05, 3.63) is 53.9 Å². The zero-order chi connectivity index (χ0) is 27.7. The van der Waals surface area contributed by atoms with E-state index in [2.05, 4.69) is 32.6 Å². The van der Waals surface area contributed by atoms with Crippen LogP contribution in [0.5, 0.6) is 11.6 Å². The molecule has 2 fully saturated rings. The lowest BCUT2D eigenvalue weighted by atomic mass is 9.83. The molecule has 13 heteroatoms. The Labute approximate surface area is 231 Å². The van der Waals surface area contributed by atoms with Gasteiger partial charge in [0.25, 0.3) is 0 Å². The number of likely N-dealkylation sites (tertiary alicyclic amines) is 1. The molecule has 2 aromatic heterocycles. The van der Waals surface area contributed by atoms with Crippen molar-refractivity contribution in [3.63, 3.8) is 0 Å². The summed E-state index contributed by atoms with van der Waals surface area (Å²) in [7, 11) is 1.78. The Morgan fingerprint density at radius 3 is 2.77 bits per heavy atom. The fourth-order valence-electron chi connectivity index (χ4n) is 4.07. The van der Waals surface area contributed by atoms with Crippen LogP contribution in [-0.4, -0.2) is 83.0 Å². The van der Waals surface area contributed by atoms with Crippen molar-refractivity contribution in [2.45, 2.75) is 26.0 Å². The summed E-state index contributed by atoms with van der Waals surface area (Å²) >= 11 is 5.85. The Balaban J connectivity index is 0.000000212. The molecule has 1 aromatic carbocycles. The van der Waals surface area contributed by atoms with Crippen molar-refractivity contribution >= 4 is 35.6 Å². The predicted molar refractivity (Wildman–Crippen MR) is 145 cm³/mol. The second-order valence-corrected chi connectivity index (χ2v) is 10.0. The van der Waals surface area contributed by atoms with E-state index in [1.165, 1.54) is 10.9 Å². The van der Waals surface area contributed by atoms with E-state index in [1.807, 2.05) is 12.1 Å². The Morgan fingerprint density at radius 2 is 2.08 bits per heavy atom. The second-order valence-electron chi connectivity index (χ2n) is 9.56. The Hall–Kier alpha value is -3.90. The van der Waals surface area contributed by atoms with Gasteiger partial charge in [-0.25, -0.2) is 4.98 Å². The normalized spacial score (nSPS) is 17.3. The number of benzene rings is 1. The van der Waals surface area contributed by atoms with Gasteiger partial charge in [0.15, 0.2) is 0 Å². The molecule has 2 saturated heterocycles. The van der Waals surface area contributed by atoms with Crippen molar-refractivity contribution in [3.8, 4) is 11.6 Å². The number of halogens is 1. The summed E-state index contributed by atoms with van der Waals surface area (Å²) in [6.07, 6.45) is 6.43. The highest BCUT2D eigenvalue weighted by Crippen LogP contribution is 2.31. The van der Waals surface area contributed by atoms with E-state index in [0.717, 1.165) is 18.8 Å². The minimum atomic E-state index is -0.0658. The van der Waals surface area contributed by atoms with E-state index < -0.39 is 0 Å². The van der Waals surface area contributed by atoms with Crippen molar-refractivity contribution in [2.75, 3.05) is 50.6 Å². The van der Waals surface area contributed by atoms with Gasteiger partial charge >= 0.3 is 0 Å². The van der Waals surface area contributed by atoms with E-state index in [0.29, 0.717) is 55.3 Å². The van der Waals surface area contributed by atoms with Crippen molar-refractivity contribution in [1.29, 1.82) is 0 Å². The number of amides is 2. The number of anilines is 2. The Morgan fingerprint density at radius 1 is 1.28 bits per heavy atom. The third kappa shape index (κ3) is 8.29. The van der Waals surface area contributed by atoms with Crippen LogP contribution < -0.4 is 20.1 Å². The summed E-state index contributed by atoms with van der Waals surface area (Å²) in [5.74, 6) is 1.92. The van der Waals surface area contributed by atoms with Crippen LogP contribution in [0.4, 0.5) is 11.6 Å². The summed E-state index contributed by atoms with van der Waals surface area (Å²) in [5.41, 5.74) is 0.497. The van der Waals surface area contributed by atoms with Crippen LogP contribution in [0.3, 0.4) is 0 Å². The number of carbonyl (C=O) groups excluding carboxylic acids is 2. The average Bonchev–Trinajstić information content (AvgIpc) is 3.59. The first-order chi connectivity index (χ1) is 18.9. The van der Waals surface area contributed by atoms with Crippen LogP contribution in [0.1, 0.15) is 13.3 Å². The number of hydrogen-bond acceptors (Lipinski definition) is 9. The van der Waals surface area contributed by atoms with Gasteiger partial charge in [0.2, 0.25) is 24.1 Å². The lowest BCUT2D eigenvalue weighted by molar-refractivity contribution is -0.145. The maximum atomic E-state index is 12.3. The molecule has 3 aromatic rings. The highest BCUT2D eigenvalue weighted by molar-refractivity contribution is 6.30. The molecule has 2 aliphatic rings. The van der Waals surface area contributed by atoms with Crippen LogP contribution >= 0.6 is 11.6 Å². The third-order valence-electron chi connectivity index (χ3n) is 6.08. The number of hydrogen-bond donors (Lipinski definition) is 2. The minimum Gasteiger partial charge on any atom is -0.493 e. The van der Waals surface area contributed by atoms with Gasteiger partial charge in [0, 0.05) is 55.5 Å². The molecular formula is C26H32ClN7O5. The molecule has 1 atom stereocenters. The van der Waals surface area contributed by atoms with Crippen molar-refractivity contribution in [2.24, 2.45) is 5.41 Å². The Bertz CT molecular complexity index is 1230. The summed E-state index contributed by atoms with van der Waals surface area (Å²) in [5, 5.41) is 10.1. The molecule has 5 rings (SSSR count). The number of rotatable bonds is 10. The number of aromatic nitrogens is 4. The van der Waals surface area contributed by atoms with Crippen molar-refractivity contribution < 1.29 is 23.8 Å². The van der Waals surface area contributed by atoms with Gasteiger partial charge in [-0.3, -0.25) is 14.3 Å². The number of nitrogens with one attached hydrogen (secondary N) is 2. The fraction of sp³-hybridized carbons (Fsp3) is 0.423. The maximum absolute atomic E-state index is 12.3. The smallest absolute Gasteiger partial charge is 0.244 e. The predicted octanol–water partition coefficient (Wildman–Crippen LogP) is 2.72. The molecule has 0 radical (unpaired) electrons. The van der Waals surface area contributed by atoms with Crippen LogP contribution in [-0.2, 0) is 20.9 Å². The van der Waals surface area contributed by atoms with Crippen LogP contribution in [0.25, 0.3) is 0 Å². The number of ether oxygens (including phenoxy) is 3. The highest BCUT2D eigenvalue weighted by Gasteiger charge is 2.42. The Kier molecular flexibility index (Phi) is 9.55. The minimum absolute atomic E-state index is 0.00952.